The van der Waals surface area contributed by atoms with E-state index in [2.05, 4.69) is 32.2 Å². The van der Waals surface area contributed by atoms with Crippen LogP contribution in [0, 0.1) is 12.3 Å². The van der Waals surface area contributed by atoms with Crippen LogP contribution in [0.15, 0.2) is 16.7 Å². The fourth-order valence-electron chi connectivity index (χ4n) is 1.14. The first-order valence-electron chi connectivity index (χ1n) is 4.74. The number of rotatable bonds is 4. The average Bonchev–Trinajstić information content (AvgIpc) is 2.31. The second kappa shape index (κ2) is 6.38. The number of nitrogens with one attached hydrogen (secondary N) is 1. The molecule has 94 valence electrons. The summed E-state index contributed by atoms with van der Waals surface area (Å²) in [4.78, 5) is 26.4. The van der Waals surface area contributed by atoms with Gasteiger partial charge in [0, 0.05) is 17.1 Å². The Morgan fingerprint density at radius 2 is 2.33 bits per heavy atom. The summed E-state index contributed by atoms with van der Waals surface area (Å²) in [5, 5.41) is 11.1. The van der Waals surface area contributed by atoms with E-state index in [1.165, 1.54) is 12.3 Å². The number of halogens is 2. The van der Waals surface area contributed by atoms with Gasteiger partial charge in [-0.25, -0.2) is 9.78 Å². The summed E-state index contributed by atoms with van der Waals surface area (Å²) in [6.45, 7) is 0. The number of hydrogen-bond acceptors (Lipinski definition) is 3. The van der Waals surface area contributed by atoms with Crippen molar-refractivity contribution in [2.24, 2.45) is 0 Å². The zero-order chi connectivity index (χ0) is 13.7. The minimum absolute atomic E-state index is 0.0134. The highest BCUT2D eigenvalue weighted by Crippen LogP contribution is 2.18. The van der Waals surface area contributed by atoms with Crippen LogP contribution in [0.25, 0.3) is 0 Å². The molecule has 0 spiro atoms. The molecule has 0 bridgehead atoms. The van der Waals surface area contributed by atoms with E-state index in [9.17, 15) is 9.59 Å². The van der Waals surface area contributed by atoms with Crippen LogP contribution in [0.1, 0.15) is 16.8 Å². The fraction of sp³-hybridized carbons (Fsp3) is 0.182. The first-order chi connectivity index (χ1) is 8.45. The molecule has 0 aromatic carbocycles. The number of aromatic nitrogens is 1. The van der Waals surface area contributed by atoms with E-state index in [-0.39, 0.29) is 17.1 Å². The lowest BCUT2D eigenvalue weighted by Gasteiger charge is -2.12. The van der Waals surface area contributed by atoms with Crippen molar-refractivity contribution in [1.82, 2.24) is 10.3 Å². The Hall–Kier alpha value is -1.58. The molecule has 1 rings (SSSR count). The number of carboxylic acid groups (broad SMARTS) is 1. The van der Waals surface area contributed by atoms with E-state index >= 15 is 0 Å². The van der Waals surface area contributed by atoms with E-state index in [1.807, 2.05) is 0 Å². The Balaban J connectivity index is 2.91. The van der Waals surface area contributed by atoms with Crippen molar-refractivity contribution in [2.75, 3.05) is 0 Å². The maximum Gasteiger partial charge on any atom is 0.327 e. The van der Waals surface area contributed by atoms with Gasteiger partial charge < -0.3 is 10.4 Å². The second-order valence-electron chi connectivity index (χ2n) is 3.26. The molecule has 1 unspecified atom stereocenters. The number of nitrogens with zero attached hydrogens (tertiary/aromatic N) is 1. The van der Waals surface area contributed by atoms with Gasteiger partial charge in [-0.3, -0.25) is 4.79 Å². The number of aliphatic carboxylic acids is 1. The van der Waals surface area contributed by atoms with Crippen LogP contribution in [0.5, 0.6) is 0 Å². The molecule has 1 heterocycles. The number of carboxylic acids is 1. The molecule has 5 nitrogen and oxygen atoms in total. The number of pyridine rings is 1. The van der Waals surface area contributed by atoms with Gasteiger partial charge in [-0.1, -0.05) is 11.6 Å². The molecular weight excluding hydrogens is 323 g/mol. The van der Waals surface area contributed by atoms with Crippen molar-refractivity contribution < 1.29 is 14.7 Å². The summed E-state index contributed by atoms with van der Waals surface area (Å²) < 4.78 is 0.556. The smallest absolute Gasteiger partial charge is 0.327 e. The fourth-order valence-corrected chi connectivity index (χ4v) is 1.66. The summed E-state index contributed by atoms with van der Waals surface area (Å²) in [5.74, 6) is 0.328. The SMILES string of the molecule is C#CCC(NC(=O)c1cc(Br)cnc1Cl)C(=O)O. The van der Waals surface area contributed by atoms with Crippen LogP contribution < -0.4 is 5.32 Å². The molecule has 18 heavy (non-hydrogen) atoms. The van der Waals surface area contributed by atoms with E-state index in [4.69, 9.17) is 23.1 Å². The highest BCUT2D eigenvalue weighted by molar-refractivity contribution is 9.10. The summed E-state index contributed by atoms with van der Waals surface area (Å²) in [6, 6.07) is 0.289. The van der Waals surface area contributed by atoms with Gasteiger partial charge in [-0.05, 0) is 22.0 Å². The number of terminal acetylenes is 1. The van der Waals surface area contributed by atoms with Crippen LogP contribution in [0.4, 0.5) is 0 Å². The standard InChI is InChI=1S/C11H8BrClN2O3/c1-2-3-8(11(17)18)15-10(16)7-4-6(12)5-14-9(7)13/h1,4-5,8H,3H2,(H,15,16)(H,17,18). The topological polar surface area (TPSA) is 79.3 Å². The molecule has 0 aliphatic rings. The van der Waals surface area contributed by atoms with Gasteiger partial charge >= 0.3 is 5.97 Å². The lowest BCUT2D eigenvalue weighted by atomic mass is 10.2. The Bertz CT molecular complexity index is 528. The summed E-state index contributed by atoms with van der Waals surface area (Å²) in [6.07, 6.45) is 6.34. The quantitative estimate of drug-likeness (QED) is 0.650. The van der Waals surface area contributed by atoms with Crippen molar-refractivity contribution in [1.29, 1.82) is 0 Å². The lowest BCUT2D eigenvalue weighted by Crippen LogP contribution is -2.40. The molecule has 0 aliphatic heterocycles. The monoisotopic (exact) mass is 330 g/mol. The van der Waals surface area contributed by atoms with Crippen molar-refractivity contribution in [3.05, 3.63) is 27.5 Å². The van der Waals surface area contributed by atoms with Crippen molar-refractivity contribution >= 4 is 39.4 Å². The third-order valence-corrected chi connectivity index (χ3v) is 2.71. The van der Waals surface area contributed by atoms with Gasteiger partial charge in [-0.15, -0.1) is 12.3 Å². The molecule has 7 heteroatoms. The molecule has 1 aromatic heterocycles. The largest absolute Gasteiger partial charge is 0.480 e. The van der Waals surface area contributed by atoms with E-state index in [0.29, 0.717) is 4.47 Å². The highest BCUT2D eigenvalue weighted by atomic mass is 79.9. The first kappa shape index (κ1) is 14.5. The number of hydrogen-bond donors (Lipinski definition) is 2. The van der Waals surface area contributed by atoms with E-state index in [0.717, 1.165) is 0 Å². The minimum Gasteiger partial charge on any atom is -0.480 e. The van der Waals surface area contributed by atoms with Gasteiger partial charge in [-0.2, -0.15) is 0 Å². The Labute approximate surface area is 117 Å². The maximum absolute atomic E-state index is 11.8. The van der Waals surface area contributed by atoms with Gasteiger partial charge in [0.15, 0.2) is 0 Å². The molecule has 1 amide bonds. The molecule has 2 N–H and O–H groups in total. The second-order valence-corrected chi connectivity index (χ2v) is 4.54. The predicted molar refractivity (Wildman–Crippen MR) is 69.3 cm³/mol. The normalized spacial score (nSPS) is 11.4. The molecule has 0 fully saturated rings. The van der Waals surface area contributed by atoms with Crippen molar-refractivity contribution in [3.8, 4) is 12.3 Å². The molecule has 0 saturated heterocycles. The maximum atomic E-state index is 11.8. The molecule has 1 aromatic rings. The minimum atomic E-state index is -1.21. The van der Waals surface area contributed by atoms with Crippen LogP contribution >= 0.6 is 27.5 Å². The number of carbonyl (C=O) groups is 2. The van der Waals surface area contributed by atoms with Crippen LogP contribution in [-0.4, -0.2) is 28.0 Å². The zero-order valence-electron chi connectivity index (χ0n) is 8.98. The highest BCUT2D eigenvalue weighted by Gasteiger charge is 2.21. The number of carbonyl (C=O) groups excluding carboxylic acids is 1. The molecule has 0 radical (unpaired) electrons. The summed E-state index contributed by atoms with van der Waals surface area (Å²) >= 11 is 8.89. The lowest BCUT2D eigenvalue weighted by molar-refractivity contribution is -0.139. The van der Waals surface area contributed by atoms with Gasteiger partial charge in [0.2, 0.25) is 0 Å². The Morgan fingerprint density at radius 3 is 2.89 bits per heavy atom. The summed E-state index contributed by atoms with van der Waals surface area (Å²) in [5.41, 5.74) is 0.0781. The van der Waals surface area contributed by atoms with Crippen LogP contribution in [0.3, 0.4) is 0 Å². The van der Waals surface area contributed by atoms with Gasteiger partial charge in [0.25, 0.3) is 5.91 Å². The molecule has 1 atom stereocenters. The first-order valence-corrected chi connectivity index (χ1v) is 5.91. The van der Waals surface area contributed by atoms with Crippen molar-refractivity contribution in [3.63, 3.8) is 0 Å². The molecule has 0 saturated carbocycles. The number of amides is 1. The van der Waals surface area contributed by atoms with Gasteiger partial charge in [0.05, 0.1) is 5.56 Å². The molecular formula is C11H8BrClN2O3. The summed E-state index contributed by atoms with van der Waals surface area (Å²) in [7, 11) is 0. The van der Waals surface area contributed by atoms with Crippen LogP contribution in [0.2, 0.25) is 5.15 Å². The van der Waals surface area contributed by atoms with Gasteiger partial charge in [0.1, 0.15) is 11.2 Å². The van der Waals surface area contributed by atoms with Crippen molar-refractivity contribution in [2.45, 2.75) is 12.5 Å². The van der Waals surface area contributed by atoms with E-state index in [1.54, 1.807) is 0 Å². The average molecular weight is 332 g/mol. The predicted octanol–water partition coefficient (Wildman–Crippen LogP) is 1.70. The Morgan fingerprint density at radius 1 is 1.67 bits per heavy atom. The third kappa shape index (κ3) is 3.72. The molecule has 0 aliphatic carbocycles. The zero-order valence-corrected chi connectivity index (χ0v) is 11.3. The van der Waals surface area contributed by atoms with Crippen LogP contribution in [-0.2, 0) is 4.79 Å². The third-order valence-electron chi connectivity index (χ3n) is 1.98. The van der Waals surface area contributed by atoms with E-state index < -0.39 is 17.9 Å². The Kier molecular flexibility index (Phi) is 5.13.